The van der Waals surface area contributed by atoms with Gasteiger partial charge in [0, 0.05) is 25.4 Å². The van der Waals surface area contributed by atoms with Crippen molar-refractivity contribution in [2.24, 2.45) is 5.92 Å². The highest BCUT2D eigenvalue weighted by atomic mass is 16.3. The van der Waals surface area contributed by atoms with E-state index in [1.807, 2.05) is 4.90 Å². The Morgan fingerprint density at radius 1 is 1.43 bits per heavy atom. The highest BCUT2D eigenvalue weighted by Crippen LogP contribution is 2.37. The molecule has 2 fully saturated rings. The lowest BCUT2D eigenvalue weighted by Gasteiger charge is -2.14. The molecule has 6 nitrogen and oxygen atoms in total. The molecule has 1 saturated heterocycles. The zero-order valence-electron chi connectivity index (χ0n) is 11.8. The van der Waals surface area contributed by atoms with E-state index in [4.69, 9.17) is 4.42 Å². The van der Waals surface area contributed by atoms with E-state index < -0.39 is 0 Å². The minimum atomic E-state index is -0.0151. The number of carbonyl (C=O) groups excluding carboxylic acids is 1. The van der Waals surface area contributed by atoms with Crippen molar-refractivity contribution in [3.05, 3.63) is 35.8 Å². The van der Waals surface area contributed by atoms with E-state index in [1.54, 1.807) is 12.1 Å². The molecule has 1 atom stereocenters. The summed E-state index contributed by atoms with van der Waals surface area (Å²) in [5, 5.41) is 7.33. The second-order valence-corrected chi connectivity index (χ2v) is 6.00. The van der Waals surface area contributed by atoms with Crippen LogP contribution < -0.4 is 0 Å². The first-order chi connectivity index (χ1) is 10.3. The third-order valence-corrected chi connectivity index (χ3v) is 4.28. The molecule has 21 heavy (non-hydrogen) atoms. The summed E-state index contributed by atoms with van der Waals surface area (Å²) in [6, 6.07) is 3.46. The molecule has 1 saturated carbocycles. The van der Waals surface area contributed by atoms with E-state index in [-0.39, 0.29) is 5.91 Å². The quantitative estimate of drug-likeness (QED) is 0.932. The minimum absolute atomic E-state index is 0.0151. The first kappa shape index (κ1) is 12.6. The third kappa shape index (κ3) is 2.57. The molecular formula is C15H18N4O2. The van der Waals surface area contributed by atoms with Crippen molar-refractivity contribution in [3.8, 4) is 0 Å². The van der Waals surface area contributed by atoms with Crippen molar-refractivity contribution < 1.29 is 9.21 Å². The van der Waals surface area contributed by atoms with Gasteiger partial charge < -0.3 is 9.32 Å². The molecule has 1 unspecified atom stereocenters. The lowest BCUT2D eigenvalue weighted by Crippen LogP contribution is -2.28. The number of likely N-dealkylation sites (tertiary alicyclic amines) is 1. The second kappa shape index (κ2) is 5.02. The Morgan fingerprint density at radius 3 is 3.10 bits per heavy atom. The summed E-state index contributed by atoms with van der Waals surface area (Å²) in [6.45, 7) is 1.55. The van der Waals surface area contributed by atoms with E-state index in [0.29, 0.717) is 17.6 Å². The fourth-order valence-electron chi connectivity index (χ4n) is 2.94. The van der Waals surface area contributed by atoms with Gasteiger partial charge in [0.15, 0.2) is 11.6 Å². The van der Waals surface area contributed by atoms with Crippen LogP contribution in [0, 0.1) is 5.92 Å². The maximum atomic E-state index is 12.2. The van der Waals surface area contributed by atoms with Crippen LogP contribution in [0.4, 0.5) is 0 Å². The van der Waals surface area contributed by atoms with E-state index in [0.717, 1.165) is 37.6 Å². The summed E-state index contributed by atoms with van der Waals surface area (Å²) < 4.78 is 5.18. The van der Waals surface area contributed by atoms with Gasteiger partial charge in [-0.05, 0) is 37.3 Å². The largest absolute Gasteiger partial charge is 0.459 e. The SMILES string of the molecule is O=C(c1ccco1)N1CCC(Cc2nc(C3CC3)n[nH]2)C1. The van der Waals surface area contributed by atoms with Gasteiger partial charge >= 0.3 is 0 Å². The van der Waals surface area contributed by atoms with Gasteiger partial charge in [-0.3, -0.25) is 9.89 Å². The van der Waals surface area contributed by atoms with Crippen molar-refractivity contribution in [3.63, 3.8) is 0 Å². The fraction of sp³-hybridized carbons (Fsp3) is 0.533. The molecule has 2 aliphatic rings. The lowest BCUT2D eigenvalue weighted by atomic mass is 10.1. The van der Waals surface area contributed by atoms with Crippen molar-refractivity contribution in [2.75, 3.05) is 13.1 Å². The molecule has 0 radical (unpaired) electrons. The average Bonchev–Trinajstić information content (AvgIpc) is 2.96. The Kier molecular flexibility index (Phi) is 3.02. The number of hydrogen-bond acceptors (Lipinski definition) is 4. The molecule has 0 bridgehead atoms. The predicted molar refractivity (Wildman–Crippen MR) is 74.8 cm³/mol. The minimum Gasteiger partial charge on any atom is -0.459 e. The van der Waals surface area contributed by atoms with Gasteiger partial charge in [-0.15, -0.1) is 0 Å². The predicted octanol–water partition coefficient (Wildman–Crippen LogP) is 1.98. The number of aromatic nitrogens is 3. The van der Waals surface area contributed by atoms with E-state index >= 15 is 0 Å². The molecule has 0 spiro atoms. The van der Waals surface area contributed by atoms with Crippen molar-refractivity contribution in [1.82, 2.24) is 20.1 Å². The standard InChI is InChI=1S/C15H18N4O2/c20-15(12-2-1-7-21-12)19-6-5-10(9-19)8-13-16-14(18-17-13)11-3-4-11/h1-2,7,10-11H,3-6,8-9H2,(H,16,17,18). The number of nitrogens with zero attached hydrogens (tertiary/aromatic N) is 3. The molecule has 2 aromatic heterocycles. The fourth-order valence-corrected chi connectivity index (χ4v) is 2.94. The van der Waals surface area contributed by atoms with Crippen LogP contribution in [0.25, 0.3) is 0 Å². The van der Waals surface area contributed by atoms with Crippen LogP contribution in [0.3, 0.4) is 0 Å². The highest BCUT2D eigenvalue weighted by Gasteiger charge is 2.30. The van der Waals surface area contributed by atoms with E-state index in [2.05, 4.69) is 15.2 Å². The zero-order chi connectivity index (χ0) is 14.2. The molecule has 1 aliphatic carbocycles. The van der Waals surface area contributed by atoms with Crippen molar-refractivity contribution >= 4 is 5.91 Å². The summed E-state index contributed by atoms with van der Waals surface area (Å²) in [5.41, 5.74) is 0. The molecule has 2 aromatic rings. The van der Waals surface area contributed by atoms with E-state index in [1.165, 1.54) is 19.1 Å². The first-order valence-electron chi connectivity index (χ1n) is 7.53. The highest BCUT2D eigenvalue weighted by molar-refractivity contribution is 5.91. The van der Waals surface area contributed by atoms with Crippen LogP contribution in [0.5, 0.6) is 0 Å². The molecule has 1 N–H and O–H groups in total. The number of H-pyrrole nitrogens is 1. The molecule has 0 aromatic carbocycles. The monoisotopic (exact) mass is 286 g/mol. The molecular weight excluding hydrogens is 268 g/mol. The Hall–Kier alpha value is -2.11. The molecule has 1 aliphatic heterocycles. The maximum Gasteiger partial charge on any atom is 0.289 e. The lowest BCUT2D eigenvalue weighted by molar-refractivity contribution is 0.0755. The van der Waals surface area contributed by atoms with Crippen LogP contribution in [0.15, 0.2) is 22.8 Å². The Bertz CT molecular complexity index is 630. The first-order valence-corrected chi connectivity index (χ1v) is 7.53. The van der Waals surface area contributed by atoms with Gasteiger partial charge in [0.05, 0.1) is 6.26 Å². The maximum absolute atomic E-state index is 12.2. The second-order valence-electron chi connectivity index (χ2n) is 6.00. The van der Waals surface area contributed by atoms with Crippen LogP contribution in [-0.2, 0) is 6.42 Å². The van der Waals surface area contributed by atoms with Gasteiger partial charge in [0.1, 0.15) is 5.82 Å². The van der Waals surface area contributed by atoms with Gasteiger partial charge in [-0.2, -0.15) is 5.10 Å². The van der Waals surface area contributed by atoms with Gasteiger partial charge in [-0.25, -0.2) is 4.98 Å². The van der Waals surface area contributed by atoms with Crippen LogP contribution in [-0.4, -0.2) is 39.1 Å². The van der Waals surface area contributed by atoms with Crippen molar-refractivity contribution in [2.45, 2.75) is 31.6 Å². The molecule has 110 valence electrons. The van der Waals surface area contributed by atoms with Crippen LogP contribution >= 0.6 is 0 Å². The summed E-state index contributed by atoms with van der Waals surface area (Å²) in [4.78, 5) is 18.6. The molecule has 1 amide bonds. The summed E-state index contributed by atoms with van der Waals surface area (Å²) >= 11 is 0. The Balaban J connectivity index is 1.36. The topological polar surface area (TPSA) is 75.0 Å². The average molecular weight is 286 g/mol. The zero-order valence-corrected chi connectivity index (χ0v) is 11.8. The number of furan rings is 1. The van der Waals surface area contributed by atoms with Crippen molar-refractivity contribution in [1.29, 1.82) is 0 Å². The number of carbonyl (C=O) groups is 1. The van der Waals surface area contributed by atoms with Crippen LogP contribution in [0.2, 0.25) is 0 Å². The smallest absolute Gasteiger partial charge is 0.289 e. The molecule has 4 rings (SSSR count). The third-order valence-electron chi connectivity index (χ3n) is 4.28. The summed E-state index contributed by atoms with van der Waals surface area (Å²) in [5.74, 6) is 3.35. The van der Waals surface area contributed by atoms with Gasteiger partial charge in [0.25, 0.3) is 5.91 Å². The van der Waals surface area contributed by atoms with Gasteiger partial charge in [0.2, 0.25) is 0 Å². The van der Waals surface area contributed by atoms with Crippen LogP contribution in [0.1, 0.15) is 47.4 Å². The van der Waals surface area contributed by atoms with Gasteiger partial charge in [-0.1, -0.05) is 0 Å². The van der Waals surface area contributed by atoms with E-state index in [9.17, 15) is 4.79 Å². The number of nitrogens with one attached hydrogen (secondary N) is 1. The molecule has 6 heteroatoms. The Labute approximate surface area is 122 Å². The normalized spacial score (nSPS) is 21.9. The number of amides is 1. The number of rotatable bonds is 4. The number of aromatic amines is 1. The summed E-state index contributed by atoms with van der Waals surface area (Å²) in [7, 11) is 0. The summed E-state index contributed by atoms with van der Waals surface area (Å²) in [6.07, 6.45) is 5.83. The Morgan fingerprint density at radius 2 is 2.33 bits per heavy atom. The molecule has 3 heterocycles. The number of hydrogen-bond donors (Lipinski definition) is 1.